The van der Waals surface area contributed by atoms with E-state index in [0.29, 0.717) is 16.8 Å². The zero-order chi connectivity index (χ0) is 21.8. The van der Waals surface area contributed by atoms with Crippen LogP contribution in [0.5, 0.6) is 0 Å². The van der Waals surface area contributed by atoms with Crippen molar-refractivity contribution in [2.24, 2.45) is 0 Å². The fraction of sp³-hybridized carbons (Fsp3) is 0.364. The lowest BCUT2D eigenvalue weighted by molar-refractivity contribution is -0.182. The van der Waals surface area contributed by atoms with E-state index < -0.39 is 17.7 Å². The number of halogens is 1. The molecule has 1 saturated heterocycles. The van der Waals surface area contributed by atoms with E-state index in [-0.39, 0.29) is 23.0 Å². The summed E-state index contributed by atoms with van der Waals surface area (Å²) in [6.45, 7) is 0.517. The Morgan fingerprint density at radius 3 is 2.71 bits per heavy atom. The maximum absolute atomic E-state index is 12.5. The van der Waals surface area contributed by atoms with E-state index in [1.54, 1.807) is 12.1 Å². The number of amides is 1. The summed E-state index contributed by atoms with van der Waals surface area (Å²) in [5, 5.41) is 11.9. The Bertz CT molecular complexity index is 1000. The number of aromatic carboxylic acids is 1. The Balaban J connectivity index is 1.38. The number of benzene rings is 1. The van der Waals surface area contributed by atoms with E-state index in [0.717, 1.165) is 25.7 Å². The van der Waals surface area contributed by atoms with E-state index in [1.807, 2.05) is 6.08 Å². The molecule has 1 aliphatic heterocycles. The Morgan fingerprint density at radius 2 is 2.00 bits per heavy atom. The lowest BCUT2D eigenvalue weighted by Gasteiger charge is -2.31. The van der Waals surface area contributed by atoms with Crippen LogP contribution in [0.4, 0.5) is 5.69 Å². The number of ether oxygens (including phenoxy) is 2. The number of carboxylic acids is 1. The summed E-state index contributed by atoms with van der Waals surface area (Å²) >= 11 is 3.22. The van der Waals surface area contributed by atoms with E-state index in [2.05, 4.69) is 31.2 Å². The van der Waals surface area contributed by atoms with Crippen LogP contribution in [0, 0.1) is 0 Å². The van der Waals surface area contributed by atoms with Gasteiger partial charge in [-0.15, -0.1) is 0 Å². The lowest BCUT2D eigenvalue weighted by Crippen LogP contribution is -2.33. The predicted molar refractivity (Wildman–Crippen MR) is 117 cm³/mol. The third-order valence-electron chi connectivity index (χ3n) is 5.34. The highest BCUT2D eigenvalue weighted by Gasteiger charge is 2.41. The summed E-state index contributed by atoms with van der Waals surface area (Å²) in [5.74, 6) is -2.11. The topological polar surface area (TPSA) is 111 Å². The van der Waals surface area contributed by atoms with Crippen molar-refractivity contribution < 1.29 is 24.2 Å². The normalized spacial score (nSPS) is 20.2. The molecule has 162 valence electrons. The Morgan fingerprint density at radius 1 is 1.19 bits per heavy atom. The van der Waals surface area contributed by atoms with Gasteiger partial charge in [-0.3, -0.25) is 9.78 Å². The summed E-state index contributed by atoms with van der Waals surface area (Å²) in [7, 11) is 0. The molecular weight excluding hydrogens is 466 g/mol. The van der Waals surface area contributed by atoms with Crippen molar-refractivity contribution in [3.05, 3.63) is 58.1 Å². The zero-order valence-corrected chi connectivity index (χ0v) is 18.3. The molecule has 8 nitrogen and oxygen atoms in total. The molecule has 2 N–H and O–H groups in total. The van der Waals surface area contributed by atoms with Crippen molar-refractivity contribution in [2.45, 2.75) is 44.0 Å². The number of nitrogens with zero attached hydrogens (tertiary/aromatic N) is 2. The van der Waals surface area contributed by atoms with Gasteiger partial charge in [0.25, 0.3) is 5.91 Å². The lowest BCUT2D eigenvalue weighted by atomic mass is 9.94. The smallest absolute Gasteiger partial charge is 0.337 e. The average Bonchev–Trinajstić information content (AvgIpc) is 3.16. The number of nitrogens with one attached hydrogen (secondary N) is 1. The maximum atomic E-state index is 12.5. The molecular formula is C22H22BrN3O5. The second-order valence-corrected chi connectivity index (χ2v) is 8.49. The van der Waals surface area contributed by atoms with Gasteiger partial charge in [-0.25, -0.2) is 9.78 Å². The number of anilines is 1. The van der Waals surface area contributed by atoms with Crippen LogP contribution in [0.3, 0.4) is 0 Å². The molecule has 1 spiro atoms. The highest BCUT2D eigenvalue weighted by molar-refractivity contribution is 9.10. The van der Waals surface area contributed by atoms with Gasteiger partial charge in [0.05, 0.1) is 35.9 Å². The average molecular weight is 488 g/mol. The van der Waals surface area contributed by atoms with Crippen LogP contribution in [-0.2, 0) is 9.47 Å². The van der Waals surface area contributed by atoms with Gasteiger partial charge in [-0.05, 0) is 37.1 Å². The van der Waals surface area contributed by atoms with Gasteiger partial charge in [-0.1, -0.05) is 28.4 Å². The van der Waals surface area contributed by atoms with Crippen molar-refractivity contribution in [3.8, 4) is 0 Å². The summed E-state index contributed by atoms with van der Waals surface area (Å²) in [4.78, 5) is 32.2. The Kier molecular flexibility index (Phi) is 6.45. The number of carbonyl (C=O) groups excluding carboxylic acids is 1. The Labute approximate surface area is 187 Å². The van der Waals surface area contributed by atoms with Crippen LogP contribution in [0.25, 0.3) is 6.08 Å². The van der Waals surface area contributed by atoms with Crippen molar-refractivity contribution in [2.75, 3.05) is 11.9 Å². The summed E-state index contributed by atoms with van der Waals surface area (Å²) < 4.78 is 12.6. The predicted octanol–water partition coefficient (Wildman–Crippen LogP) is 4.28. The molecule has 0 bridgehead atoms. The molecule has 2 aromatic rings. The quantitative estimate of drug-likeness (QED) is 0.647. The van der Waals surface area contributed by atoms with E-state index in [9.17, 15) is 14.7 Å². The number of carboxylic acid groups (broad SMARTS) is 1. The minimum Gasteiger partial charge on any atom is -0.478 e. The first-order valence-electron chi connectivity index (χ1n) is 10.1. The van der Waals surface area contributed by atoms with Gasteiger partial charge in [0.15, 0.2) is 5.79 Å². The van der Waals surface area contributed by atoms with Crippen molar-refractivity contribution >= 4 is 39.6 Å². The molecule has 31 heavy (non-hydrogen) atoms. The molecule has 1 aromatic carbocycles. The van der Waals surface area contributed by atoms with Crippen molar-refractivity contribution in [1.29, 1.82) is 0 Å². The van der Waals surface area contributed by atoms with Gasteiger partial charge >= 0.3 is 5.97 Å². The van der Waals surface area contributed by atoms with Gasteiger partial charge < -0.3 is 19.9 Å². The molecule has 2 fully saturated rings. The molecule has 1 aromatic heterocycles. The van der Waals surface area contributed by atoms with E-state index in [1.165, 1.54) is 30.9 Å². The van der Waals surface area contributed by atoms with Crippen LogP contribution in [0.2, 0.25) is 0 Å². The fourth-order valence-electron chi connectivity index (χ4n) is 3.76. The molecule has 9 heteroatoms. The number of rotatable bonds is 5. The van der Waals surface area contributed by atoms with Crippen LogP contribution in [0.1, 0.15) is 58.6 Å². The third-order valence-corrected chi connectivity index (χ3v) is 5.83. The summed E-state index contributed by atoms with van der Waals surface area (Å²) in [5.41, 5.74) is 0.823. The fourth-order valence-corrected chi connectivity index (χ4v) is 4.12. The van der Waals surface area contributed by atoms with Crippen LogP contribution < -0.4 is 5.32 Å². The molecule has 1 saturated carbocycles. The van der Waals surface area contributed by atoms with Crippen LogP contribution in [-0.4, -0.2) is 45.4 Å². The van der Waals surface area contributed by atoms with E-state index >= 15 is 0 Å². The highest BCUT2D eigenvalue weighted by Crippen LogP contribution is 2.38. The summed E-state index contributed by atoms with van der Waals surface area (Å²) in [6.07, 6.45) is 11.7. The van der Waals surface area contributed by atoms with Crippen LogP contribution in [0.15, 0.2) is 41.1 Å². The molecule has 1 amide bonds. The largest absolute Gasteiger partial charge is 0.478 e. The molecule has 4 rings (SSSR count). The SMILES string of the molecule is O=C(Nc1ccc(Br)cc1C(=O)O)c1cnc(/C=C/[C@H]2COC3(CCCCC3)O2)cn1. The first-order valence-corrected chi connectivity index (χ1v) is 10.9. The first-order chi connectivity index (χ1) is 14.9. The third kappa shape index (κ3) is 5.17. The first kappa shape index (κ1) is 21.6. The Hall–Kier alpha value is -2.62. The second kappa shape index (κ2) is 9.25. The number of hydrogen-bond donors (Lipinski definition) is 2. The minimum absolute atomic E-state index is 0.0234. The summed E-state index contributed by atoms with van der Waals surface area (Å²) in [6, 6.07) is 4.58. The molecule has 2 heterocycles. The minimum atomic E-state index is -1.14. The number of aromatic nitrogens is 2. The van der Waals surface area contributed by atoms with E-state index in [4.69, 9.17) is 9.47 Å². The number of hydrogen-bond acceptors (Lipinski definition) is 6. The van der Waals surface area contributed by atoms with Crippen molar-refractivity contribution in [3.63, 3.8) is 0 Å². The van der Waals surface area contributed by atoms with Gasteiger partial charge in [0, 0.05) is 17.3 Å². The van der Waals surface area contributed by atoms with Gasteiger partial charge in [0.1, 0.15) is 11.8 Å². The van der Waals surface area contributed by atoms with Crippen molar-refractivity contribution in [1.82, 2.24) is 9.97 Å². The highest BCUT2D eigenvalue weighted by atomic mass is 79.9. The number of carbonyl (C=O) groups is 2. The maximum Gasteiger partial charge on any atom is 0.337 e. The molecule has 0 unspecified atom stereocenters. The monoisotopic (exact) mass is 487 g/mol. The van der Waals surface area contributed by atoms with Crippen LogP contribution >= 0.6 is 15.9 Å². The van der Waals surface area contributed by atoms with Gasteiger partial charge in [-0.2, -0.15) is 0 Å². The molecule has 1 atom stereocenters. The zero-order valence-electron chi connectivity index (χ0n) is 16.7. The molecule has 2 aliphatic rings. The standard InChI is InChI=1S/C22H22BrN3O5/c23-14-4-7-18(17(10-14)21(28)29)26-20(27)19-12-24-15(11-25-19)5-6-16-13-30-22(31-16)8-2-1-3-9-22/h4-7,10-12,16H,1-3,8-9,13H2,(H,26,27)(H,28,29)/b6-5+/t16-/m0/s1. The van der Waals surface area contributed by atoms with Gasteiger partial charge in [0.2, 0.25) is 0 Å². The second-order valence-electron chi connectivity index (χ2n) is 7.57. The molecule has 0 radical (unpaired) electrons. The molecule has 1 aliphatic carbocycles.